The molecule has 0 aliphatic carbocycles. The van der Waals surface area contributed by atoms with Gasteiger partial charge < -0.3 is 4.90 Å². The summed E-state index contributed by atoms with van der Waals surface area (Å²) in [5.74, 6) is 0. The first-order valence-corrected chi connectivity index (χ1v) is 10.9. The molecule has 0 bridgehead atoms. The van der Waals surface area contributed by atoms with Crippen molar-refractivity contribution in [1.29, 1.82) is 0 Å². The monoisotopic (exact) mass is 399 g/mol. The molecule has 1 aliphatic rings. The first-order valence-electron chi connectivity index (χ1n) is 9.46. The second-order valence-corrected chi connectivity index (χ2v) is 10.5. The lowest BCUT2D eigenvalue weighted by Crippen LogP contribution is -2.41. The molecule has 0 radical (unpaired) electrons. The highest BCUT2D eigenvalue weighted by Gasteiger charge is 2.42. The maximum atomic E-state index is 13.3. The van der Waals surface area contributed by atoms with E-state index < -0.39 is 10.0 Å². The van der Waals surface area contributed by atoms with E-state index in [2.05, 4.69) is 25.9 Å². The van der Waals surface area contributed by atoms with Gasteiger partial charge in [0.25, 0.3) is 10.0 Å². The Hall–Kier alpha value is -2.34. The molecule has 6 heteroatoms. The molecule has 1 aliphatic heterocycles. The van der Waals surface area contributed by atoms with Gasteiger partial charge in [0.2, 0.25) is 0 Å². The van der Waals surface area contributed by atoms with Crippen molar-refractivity contribution < 1.29 is 8.42 Å². The molecule has 0 spiro atoms. The Labute approximate surface area is 168 Å². The molecule has 0 unspecified atom stereocenters. The Kier molecular flexibility index (Phi) is 5.28. The second-order valence-electron chi connectivity index (χ2n) is 8.66. The van der Waals surface area contributed by atoms with Crippen molar-refractivity contribution >= 4 is 21.4 Å². The van der Waals surface area contributed by atoms with Gasteiger partial charge in [-0.2, -0.15) is 17.9 Å². The number of nitrogens with zero attached hydrogens (tertiary/aromatic N) is 3. The van der Waals surface area contributed by atoms with E-state index in [-0.39, 0.29) is 16.4 Å². The highest BCUT2D eigenvalue weighted by Crippen LogP contribution is 2.37. The molecule has 2 aromatic rings. The fourth-order valence-electron chi connectivity index (χ4n) is 3.30. The fourth-order valence-corrected chi connectivity index (χ4v) is 4.92. The molecule has 150 valence electrons. The lowest BCUT2D eigenvalue weighted by molar-refractivity contribution is 0.203. The molecule has 3 rings (SSSR count). The van der Waals surface area contributed by atoms with E-state index in [4.69, 9.17) is 0 Å². The molecule has 0 saturated heterocycles. The molecule has 0 fully saturated rings. The molecule has 5 nitrogen and oxygen atoms in total. The maximum absolute atomic E-state index is 13.3. The summed E-state index contributed by atoms with van der Waals surface area (Å²) in [5, 5.41) is 4.60. The Morgan fingerprint density at radius 1 is 1.00 bits per heavy atom. The van der Waals surface area contributed by atoms with Crippen LogP contribution in [0, 0.1) is 12.3 Å². The largest absolute Gasteiger partial charge is 0.378 e. The van der Waals surface area contributed by atoms with Gasteiger partial charge in [-0.15, -0.1) is 0 Å². The molecule has 2 aromatic carbocycles. The molecule has 0 N–H and O–H groups in total. The van der Waals surface area contributed by atoms with Crippen molar-refractivity contribution in [2.75, 3.05) is 19.0 Å². The molecule has 0 amide bonds. The van der Waals surface area contributed by atoms with Gasteiger partial charge in [0, 0.05) is 26.2 Å². The third kappa shape index (κ3) is 3.92. The van der Waals surface area contributed by atoms with Crippen molar-refractivity contribution in [2.24, 2.45) is 10.5 Å². The molecular weight excluding hydrogens is 370 g/mol. The lowest BCUT2D eigenvalue weighted by Gasteiger charge is -2.33. The maximum Gasteiger partial charge on any atom is 0.279 e. The first kappa shape index (κ1) is 20.4. The van der Waals surface area contributed by atoms with Crippen molar-refractivity contribution in [1.82, 2.24) is 4.41 Å². The number of hydrogen-bond acceptors (Lipinski definition) is 4. The predicted octanol–water partition coefficient (Wildman–Crippen LogP) is 4.27. The van der Waals surface area contributed by atoms with E-state index in [0.717, 1.165) is 22.5 Å². The topological polar surface area (TPSA) is 53.0 Å². The van der Waals surface area contributed by atoms with Crippen LogP contribution < -0.4 is 4.90 Å². The van der Waals surface area contributed by atoms with Crippen LogP contribution in [-0.4, -0.2) is 38.7 Å². The van der Waals surface area contributed by atoms with Crippen LogP contribution in [-0.2, 0) is 10.0 Å². The van der Waals surface area contributed by atoms with E-state index in [1.807, 2.05) is 62.3 Å². The number of aryl methyl sites for hydroxylation is 1. The summed E-state index contributed by atoms with van der Waals surface area (Å²) in [6, 6.07) is 14.8. The van der Waals surface area contributed by atoms with E-state index in [1.54, 1.807) is 12.1 Å². The summed E-state index contributed by atoms with van der Waals surface area (Å²) in [5.41, 5.74) is 3.64. The third-order valence-electron chi connectivity index (χ3n) is 5.15. The smallest absolute Gasteiger partial charge is 0.279 e. The van der Waals surface area contributed by atoms with E-state index in [0.29, 0.717) is 6.42 Å². The van der Waals surface area contributed by atoms with Crippen LogP contribution in [0.25, 0.3) is 0 Å². The van der Waals surface area contributed by atoms with Crippen LogP contribution in [0.15, 0.2) is 58.5 Å². The van der Waals surface area contributed by atoms with Crippen molar-refractivity contribution in [3.05, 3.63) is 59.7 Å². The number of rotatable bonds is 4. The minimum absolute atomic E-state index is 0.234. The number of hydrazone groups is 1. The van der Waals surface area contributed by atoms with Gasteiger partial charge in [0.15, 0.2) is 0 Å². The van der Waals surface area contributed by atoms with Crippen LogP contribution in [0.4, 0.5) is 5.69 Å². The molecule has 1 heterocycles. The molecular formula is C22H29N3O2S. The zero-order valence-electron chi connectivity index (χ0n) is 17.5. The van der Waals surface area contributed by atoms with E-state index in [9.17, 15) is 8.42 Å². The Morgan fingerprint density at radius 3 is 2.07 bits per heavy atom. The van der Waals surface area contributed by atoms with Crippen molar-refractivity contribution in [3.8, 4) is 0 Å². The van der Waals surface area contributed by atoms with Crippen molar-refractivity contribution in [2.45, 2.75) is 45.1 Å². The van der Waals surface area contributed by atoms with Gasteiger partial charge in [-0.25, -0.2) is 0 Å². The SMILES string of the molecule is Cc1ccc(S(=O)(=O)N2N=C(c3ccc(N(C)C)cc3)C[C@@H]2C(C)(C)C)cc1. The van der Waals surface area contributed by atoms with Crippen LogP contribution in [0.2, 0.25) is 0 Å². The van der Waals surface area contributed by atoms with Crippen molar-refractivity contribution in [3.63, 3.8) is 0 Å². The number of anilines is 1. The van der Waals surface area contributed by atoms with Crippen LogP contribution in [0.3, 0.4) is 0 Å². The lowest BCUT2D eigenvalue weighted by atomic mass is 9.84. The van der Waals surface area contributed by atoms with Gasteiger partial charge in [-0.1, -0.05) is 50.6 Å². The second kappa shape index (κ2) is 7.24. The molecule has 0 saturated carbocycles. The molecule has 0 aromatic heterocycles. The number of sulfonamides is 1. The van der Waals surface area contributed by atoms with Crippen LogP contribution >= 0.6 is 0 Å². The highest BCUT2D eigenvalue weighted by molar-refractivity contribution is 7.89. The predicted molar refractivity (Wildman–Crippen MR) is 115 cm³/mol. The van der Waals surface area contributed by atoms with Gasteiger partial charge in [-0.3, -0.25) is 0 Å². The van der Waals surface area contributed by atoms with Gasteiger partial charge in [0.05, 0.1) is 16.6 Å². The zero-order chi connectivity index (χ0) is 20.7. The standard InChI is InChI=1S/C22H29N3O2S/c1-16-7-13-19(14-8-16)28(26,27)25-21(22(2,3)4)15-20(23-25)17-9-11-18(12-10-17)24(5)6/h7-14,21H,15H2,1-6H3/t21-/m1/s1. The average molecular weight is 400 g/mol. The third-order valence-corrected chi connectivity index (χ3v) is 6.85. The average Bonchev–Trinajstić information content (AvgIpc) is 3.09. The number of benzene rings is 2. The minimum atomic E-state index is -3.71. The summed E-state index contributed by atoms with van der Waals surface area (Å²) in [6.45, 7) is 8.12. The first-order chi connectivity index (χ1) is 13.0. The Balaban J connectivity index is 2.02. The summed E-state index contributed by atoms with van der Waals surface area (Å²) in [4.78, 5) is 2.31. The van der Waals surface area contributed by atoms with Gasteiger partial charge >= 0.3 is 0 Å². The summed E-state index contributed by atoms with van der Waals surface area (Å²) >= 11 is 0. The zero-order valence-corrected chi connectivity index (χ0v) is 18.3. The molecule has 28 heavy (non-hydrogen) atoms. The fraction of sp³-hybridized carbons (Fsp3) is 0.409. The quantitative estimate of drug-likeness (QED) is 0.771. The minimum Gasteiger partial charge on any atom is -0.378 e. The van der Waals surface area contributed by atoms with Crippen LogP contribution in [0.5, 0.6) is 0 Å². The van der Waals surface area contributed by atoms with Gasteiger partial charge in [-0.05, 0) is 42.2 Å². The normalized spacial score (nSPS) is 17.6. The van der Waals surface area contributed by atoms with Gasteiger partial charge in [0.1, 0.15) is 0 Å². The Morgan fingerprint density at radius 2 is 1.57 bits per heavy atom. The summed E-state index contributed by atoms with van der Waals surface area (Å²) in [7, 11) is 0.275. The summed E-state index contributed by atoms with van der Waals surface area (Å²) < 4.78 is 28.0. The van der Waals surface area contributed by atoms with E-state index >= 15 is 0 Å². The Bertz CT molecular complexity index is 970. The number of hydrogen-bond donors (Lipinski definition) is 0. The van der Waals surface area contributed by atoms with Crippen LogP contribution in [0.1, 0.15) is 38.3 Å². The summed E-state index contributed by atoms with van der Waals surface area (Å²) in [6.07, 6.45) is 0.593. The highest BCUT2D eigenvalue weighted by atomic mass is 32.2. The molecule has 1 atom stereocenters. The van der Waals surface area contributed by atoms with E-state index in [1.165, 1.54) is 4.41 Å².